The van der Waals surface area contributed by atoms with Crippen LogP contribution >= 0.6 is 0 Å². The fraction of sp³-hybridized carbons (Fsp3) is 0.556. The Kier molecular flexibility index (Phi) is 3.02. The van der Waals surface area contributed by atoms with Crippen molar-refractivity contribution in [2.24, 2.45) is 0 Å². The van der Waals surface area contributed by atoms with E-state index in [1.807, 2.05) is 20.8 Å². The van der Waals surface area contributed by atoms with Crippen LogP contribution in [0.4, 0.5) is 5.82 Å². The Bertz CT molecular complexity index is 258. The van der Waals surface area contributed by atoms with Crippen LogP contribution in [0, 0.1) is 6.92 Å². The number of anilines is 1. The molecule has 0 amide bonds. The molecule has 0 aliphatic carbocycles. The Morgan fingerprint density at radius 2 is 2.17 bits per heavy atom. The Hall–Kier alpha value is -1.12. The van der Waals surface area contributed by atoms with Gasteiger partial charge in [-0.3, -0.25) is 4.98 Å². The second-order valence-corrected chi connectivity index (χ2v) is 2.48. The topological polar surface area (TPSA) is 37.8 Å². The molecular weight excluding hydrogens is 150 g/mol. The zero-order valence-corrected chi connectivity index (χ0v) is 7.89. The third-order valence-electron chi connectivity index (χ3n) is 1.62. The summed E-state index contributed by atoms with van der Waals surface area (Å²) in [4.78, 5) is 8.51. The van der Waals surface area contributed by atoms with Crippen molar-refractivity contribution in [2.75, 3.05) is 11.9 Å². The second kappa shape index (κ2) is 4.04. The lowest BCUT2D eigenvalue weighted by atomic mass is 10.3. The number of aromatic nitrogens is 2. The summed E-state index contributed by atoms with van der Waals surface area (Å²) in [6.07, 6.45) is 2.81. The van der Waals surface area contributed by atoms with Crippen molar-refractivity contribution in [1.29, 1.82) is 0 Å². The molecule has 0 fully saturated rings. The van der Waals surface area contributed by atoms with Gasteiger partial charge in [0.2, 0.25) is 0 Å². The van der Waals surface area contributed by atoms with Gasteiger partial charge in [-0.2, -0.15) is 0 Å². The van der Waals surface area contributed by atoms with Gasteiger partial charge in [0.25, 0.3) is 0 Å². The van der Waals surface area contributed by atoms with Crippen LogP contribution in [-0.2, 0) is 6.42 Å². The summed E-state index contributed by atoms with van der Waals surface area (Å²) in [6, 6.07) is 0. The molecule has 12 heavy (non-hydrogen) atoms. The van der Waals surface area contributed by atoms with Crippen LogP contribution in [0.1, 0.15) is 25.2 Å². The number of hydrogen-bond acceptors (Lipinski definition) is 3. The predicted molar refractivity (Wildman–Crippen MR) is 50.3 cm³/mol. The van der Waals surface area contributed by atoms with Crippen LogP contribution in [0.2, 0.25) is 0 Å². The molecule has 2 heterocycles. The van der Waals surface area contributed by atoms with Gasteiger partial charge in [0.1, 0.15) is 5.82 Å². The molecule has 0 unspecified atom stereocenters. The first-order chi connectivity index (χ1) is 5.86. The number of nitrogens with one attached hydrogen (secondary N) is 1. The maximum absolute atomic E-state index is 4.33. The summed E-state index contributed by atoms with van der Waals surface area (Å²) in [6.45, 7) is 6.95. The van der Waals surface area contributed by atoms with Gasteiger partial charge in [-0.1, -0.05) is 13.8 Å². The summed E-state index contributed by atoms with van der Waals surface area (Å²) >= 11 is 0. The SMILES string of the molecule is CC.Cc1cnc2c(n1)CCN2. The van der Waals surface area contributed by atoms with E-state index < -0.39 is 0 Å². The molecule has 1 aromatic rings. The molecule has 0 saturated heterocycles. The van der Waals surface area contributed by atoms with Crippen molar-refractivity contribution in [1.82, 2.24) is 9.97 Å². The molecule has 1 aliphatic heterocycles. The molecule has 1 aliphatic rings. The minimum absolute atomic E-state index is 0.964. The number of nitrogens with zero attached hydrogens (tertiary/aromatic N) is 2. The fourth-order valence-electron chi connectivity index (χ4n) is 1.15. The molecule has 0 spiro atoms. The van der Waals surface area contributed by atoms with Gasteiger partial charge < -0.3 is 5.32 Å². The van der Waals surface area contributed by atoms with Gasteiger partial charge in [-0.25, -0.2) is 4.98 Å². The van der Waals surface area contributed by atoms with Crippen LogP contribution in [0.3, 0.4) is 0 Å². The van der Waals surface area contributed by atoms with Crippen molar-refractivity contribution in [3.05, 3.63) is 17.6 Å². The first kappa shape index (κ1) is 8.97. The molecule has 0 bridgehead atoms. The Balaban J connectivity index is 0.000000336. The lowest BCUT2D eigenvalue weighted by Gasteiger charge is -1.96. The van der Waals surface area contributed by atoms with Crippen LogP contribution < -0.4 is 5.32 Å². The quantitative estimate of drug-likeness (QED) is 0.636. The molecule has 1 aromatic heterocycles. The Morgan fingerprint density at radius 3 is 2.92 bits per heavy atom. The fourth-order valence-corrected chi connectivity index (χ4v) is 1.15. The summed E-state index contributed by atoms with van der Waals surface area (Å²) < 4.78 is 0. The second-order valence-electron chi connectivity index (χ2n) is 2.48. The zero-order chi connectivity index (χ0) is 8.97. The number of fused-ring (bicyclic) bond motifs is 1. The smallest absolute Gasteiger partial charge is 0.147 e. The molecule has 0 saturated carbocycles. The van der Waals surface area contributed by atoms with Gasteiger partial charge in [0.05, 0.1) is 17.6 Å². The molecule has 2 rings (SSSR count). The maximum Gasteiger partial charge on any atom is 0.147 e. The normalized spacial score (nSPS) is 12.6. The highest BCUT2D eigenvalue weighted by molar-refractivity contribution is 5.44. The number of aryl methyl sites for hydroxylation is 1. The van der Waals surface area contributed by atoms with Crippen molar-refractivity contribution < 1.29 is 0 Å². The minimum atomic E-state index is 0.964. The van der Waals surface area contributed by atoms with Crippen LogP contribution in [-0.4, -0.2) is 16.5 Å². The lowest BCUT2D eigenvalue weighted by molar-refractivity contribution is 1.01. The molecule has 3 nitrogen and oxygen atoms in total. The summed E-state index contributed by atoms with van der Waals surface area (Å²) in [5.41, 5.74) is 2.11. The average Bonchev–Trinajstić information content (AvgIpc) is 2.54. The molecule has 0 atom stereocenters. The van der Waals surface area contributed by atoms with Gasteiger partial charge >= 0.3 is 0 Å². The van der Waals surface area contributed by atoms with Crippen molar-refractivity contribution >= 4 is 5.82 Å². The van der Waals surface area contributed by atoms with Crippen molar-refractivity contribution in [3.63, 3.8) is 0 Å². The molecular formula is C9H15N3. The highest BCUT2D eigenvalue weighted by Gasteiger charge is 2.11. The average molecular weight is 165 g/mol. The number of hydrogen-bond donors (Lipinski definition) is 1. The molecule has 3 heteroatoms. The minimum Gasteiger partial charge on any atom is -0.368 e. The highest BCUT2D eigenvalue weighted by Crippen LogP contribution is 2.15. The zero-order valence-electron chi connectivity index (χ0n) is 7.89. The van der Waals surface area contributed by atoms with E-state index in [-0.39, 0.29) is 0 Å². The monoisotopic (exact) mass is 165 g/mol. The first-order valence-electron chi connectivity index (χ1n) is 4.42. The maximum atomic E-state index is 4.33. The van der Waals surface area contributed by atoms with Crippen LogP contribution in [0.5, 0.6) is 0 Å². The summed E-state index contributed by atoms with van der Waals surface area (Å²) in [7, 11) is 0. The van der Waals surface area contributed by atoms with Gasteiger partial charge in [0, 0.05) is 13.0 Å². The predicted octanol–water partition coefficient (Wildman–Crippen LogP) is 1.78. The van der Waals surface area contributed by atoms with Crippen molar-refractivity contribution in [3.8, 4) is 0 Å². The van der Waals surface area contributed by atoms with Crippen LogP contribution in [0.25, 0.3) is 0 Å². The van der Waals surface area contributed by atoms with Gasteiger partial charge in [-0.15, -0.1) is 0 Å². The molecule has 66 valence electrons. The molecule has 0 aromatic carbocycles. The van der Waals surface area contributed by atoms with E-state index in [0.29, 0.717) is 0 Å². The van der Waals surface area contributed by atoms with Gasteiger partial charge in [0.15, 0.2) is 0 Å². The molecule has 1 N–H and O–H groups in total. The molecule has 0 radical (unpaired) electrons. The van der Waals surface area contributed by atoms with E-state index in [1.165, 1.54) is 0 Å². The first-order valence-corrected chi connectivity index (χ1v) is 4.42. The van der Waals surface area contributed by atoms with E-state index in [1.54, 1.807) is 6.20 Å². The van der Waals surface area contributed by atoms with E-state index >= 15 is 0 Å². The van der Waals surface area contributed by atoms with E-state index in [2.05, 4.69) is 15.3 Å². The van der Waals surface area contributed by atoms with E-state index in [0.717, 1.165) is 30.2 Å². The van der Waals surface area contributed by atoms with Crippen LogP contribution in [0.15, 0.2) is 6.20 Å². The number of rotatable bonds is 0. The Labute approximate surface area is 73.2 Å². The van der Waals surface area contributed by atoms with Crippen molar-refractivity contribution in [2.45, 2.75) is 27.2 Å². The van der Waals surface area contributed by atoms with Gasteiger partial charge in [-0.05, 0) is 6.92 Å². The van der Waals surface area contributed by atoms with E-state index in [4.69, 9.17) is 0 Å². The Morgan fingerprint density at radius 1 is 1.42 bits per heavy atom. The third-order valence-corrected chi connectivity index (χ3v) is 1.62. The standard InChI is InChI=1S/C7H9N3.C2H6/c1-5-4-9-7-6(10-5)2-3-8-7;1-2/h4H,2-3H2,1H3,(H,8,9);1-2H3. The van der Waals surface area contributed by atoms with E-state index in [9.17, 15) is 0 Å². The summed E-state index contributed by atoms with van der Waals surface area (Å²) in [5.74, 6) is 0.964. The lowest BCUT2D eigenvalue weighted by Crippen LogP contribution is -1.93. The summed E-state index contributed by atoms with van der Waals surface area (Å²) in [5, 5.41) is 3.15. The highest BCUT2D eigenvalue weighted by atomic mass is 15.0. The third kappa shape index (κ3) is 1.72. The largest absolute Gasteiger partial charge is 0.368 e.